The molecule has 1 heterocycles. The standard InChI is InChI=1S/C16H21N3/c1-12(2)15-6-4-14(5-7-15)10-19-13(3)16-11-17-8-9-18-16/h4-9,11-13,19H,10H2,1-3H3. The van der Waals surface area contributed by atoms with Crippen LogP contribution in [0.4, 0.5) is 0 Å². The number of rotatable bonds is 5. The monoisotopic (exact) mass is 255 g/mol. The molecular formula is C16H21N3. The summed E-state index contributed by atoms with van der Waals surface area (Å²) in [6.45, 7) is 7.37. The molecule has 0 aliphatic rings. The molecule has 3 nitrogen and oxygen atoms in total. The van der Waals surface area contributed by atoms with E-state index in [1.807, 2.05) is 0 Å². The summed E-state index contributed by atoms with van der Waals surface area (Å²) in [5, 5.41) is 3.46. The van der Waals surface area contributed by atoms with Gasteiger partial charge in [-0.25, -0.2) is 0 Å². The van der Waals surface area contributed by atoms with Gasteiger partial charge in [0.2, 0.25) is 0 Å². The smallest absolute Gasteiger partial charge is 0.0753 e. The molecular weight excluding hydrogens is 234 g/mol. The highest BCUT2D eigenvalue weighted by Crippen LogP contribution is 2.15. The molecule has 0 bridgehead atoms. The van der Waals surface area contributed by atoms with Crippen LogP contribution in [0.3, 0.4) is 0 Å². The van der Waals surface area contributed by atoms with E-state index in [1.165, 1.54) is 11.1 Å². The van der Waals surface area contributed by atoms with Gasteiger partial charge < -0.3 is 5.32 Å². The summed E-state index contributed by atoms with van der Waals surface area (Å²) in [4.78, 5) is 8.39. The van der Waals surface area contributed by atoms with Gasteiger partial charge >= 0.3 is 0 Å². The molecule has 1 N–H and O–H groups in total. The minimum absolute atomic E-state index is 0.207. The van der Waals surface area contributed by atoms with Gasteiger partial charge in [0.05, 0.1) is 5.69 Å². The highest BCUT2D eigenvalue weighted by Gasteiger charge is 2.06. The summed E-state index contributed by atoms with van der Waals surface area (Å²) in [5.74, 6) is 0.584. The molecule has 1 atom stereocenters. The van der Waals surface area contributed by atoms with E-state index in [0.717, 1.165) is 12.2 Å². The molecule has 3 heteroatoms. The number of benzene rings is 1. The SMILES string of the molecule is CC(C)c1ccc(CNC(C)c2cnccn2)cc1. The summed E-state index contributed by atoms with van der Waals surface area (Å²) >= 11 is 0. The molecule has 0 fully saturated rings. The van der Waals surface area contributed by atoms with Crippen molar-refractivity contribution >= 4 is 0 Å². The average Bonchev–Trinajstić information content (AvgIpc) is 2.46. The van der Waals surface area contributed by atoms with Crippen molar-refractivity contribution < 1.29 is 0 Å². The third kappa shape index (κ3) is 3.86. The second-order valence-electron chi connectivity index (χ2n) is 5.13. The minimum Gasteiger partial charge on any atom is -0.305 e. The van der Waals surface area contributed by atoms with E-state index >= 15 is 0 Å². The molecule has 0 aliphatic carbocycles. The summed E-state index contributed by atoms with van der Waals surface area (Å²) in [6, 6.07) is 8.99. The van der Waals surface area contributed by atoms with E-state index in [4.69, 9.17) is 0 Å². The Morgan fingerprint density at radius 3 is 2.37 bits per heavy atom. The maximum absolute atomic E-state index is 4.30. The molecule has 0 spiro atoms. The van der Waals surface area contributed by atoms with E-state index in [9.17, 15) is 0 Å². The molecule has 19 heavy (non-hydrogen) atoms. The van der Waals surface area contributed by atoms with Crippen molar-refractivity contribution in [1.82, 2.24) is 15.3 Å². The lowest BCUT2D eigenvalue weighted by Gasteiger charge is -2.13. The first-order chi connectivity index (χ1) is 9.16. The van der Waals surface area contributed by atoms with E-state index < -0.39 is 0 Å². The van der Waals surface area contributed by atoms with Crippen LogP contribution in [0.2, 0.25) is 0 Å². The lowest BCUT2D eigenvalue weighted by atomic mass is 10.0. The van der Waals surface area contributed by atoms with Crippen molar-refractivity contribution in [2.45, 2.75) is 39.3 Å². The Morgan fingerprint density at radius 2 is 1.79 bits per heavy atom. The molecule has 1 aromatic carbocycles. The summed E-state index contributed by atoms with van der Waals surface area (Å²) in [7, 11) is 0. The Balaban J connectivity index is 1.92. The lowest BCUT2D eigenvalue weighted by molar-refractivity contribution is 0.559. The van der Waals surface area contributed by atoms with Crippen molar-refractivity contribution in [1.29, 1.82) is 0 Å². The quantitative estimate of drug-likeness (QED) is 0.889. The molecule has 1 unspecified atom stereocenters. The van der Waals surface area contributed by atoms with Gasteiger partial charge in [-0.1, -0.05) is 38.1 Å². The van der Waals surface area contributed by atoms with Crippen LogP contribution in [0.5, 0.6) is 0 Å². The Morgan fingerprint density at radius 1 is 1.05 bits per heavy atom. The van der Waals surface area contributed by atoms with Crippen LogP contribution < -0.4 is 5.32 Å². The van der Waals surface area contributed by atoms with Crippen LogP contribution in [0.25, 0.3) is 0 Å². The lowest BCUT2D eigenvalue weighted by Crippen LogP contribution is -2.19. The van der Waals surface area contributed by atoms with Crippen molar-refractivity contribution in [3.63, 3.8) is 0 Å². The second-order valence-corrected chi connectivity index (χ2v) is 5.13. The highest BCUT2D eigenvalue weighted by atomic mass is 14.9. The van der Waals surface area contributed by atoms with Crippen molar-refractivity contribution in [2.24, 2.45) is 0 Å². The fourth-order valence-corrected chi connectivity index (χ4v) is 1.93. The van der Waals surface area contributed by atoms with Crippen LogP contribution in [-0.4, -0.2) is 9.97 Å². The van der Waals surface area contributed by atoms with Gasteiger partial charge in [0.15, 0.2) is 0 Å². The number of hydrogen-bond acceptors (Lipinski definition) is 3. The zero-order chi connectivity index (χ0) is 13.7. The molecule has 0 radical (unpaired) electrons. The first-order valence-corrected chi connectivity index (χ1v) is 6.75. The van der Waals surface area contributed by atoms with Crippen molar-refractivity contribution in [3.8, 4) is 0 Å². The molecule has 0 aliphatic heterocycles. The topological polar surface area (TPSA) is 37.8 Å². The van der Waals surface area contributed by atoms with Gasteiger partial charge in [-0.05, 0) is 24.0 Å². The largest absolute Gasteiger partial charge is 0.305 e. The zero-order valence-electron chi connectivity index (χ0n) is 11.8. The van der Waals surface area contributed by atoms with E-state index in [-0.39, 0.29) is 6.04 Å². The third-order valence-corrected chi connectivity index (χ3v) is 3.29. The number of aromatic nitrogens is 2. The molecule has 100 valence electrons. The molecule has 2 rings (SSSR count). The van der Waals surface area contributed by atoms with Crippen LogP contribution >= 0.6 is 0 Å². The first kappa shape index (κ1) is 13.7. The zero-order valence-corrected chi connectivity index (χ0v) is 11.8. The number of hydrogen-bond donors (Lipinski definition) is 1. The van der Waals surface area contributed by atoms with Gasteiger partial charge in [-0.15, -0.1) is 0 Å². The first-order valence-electron chi connectivity index (χ1n) is 6.75. The van der Waals surface area contributed by atoms with E-state index in [0.29, 0.717) is 5.92 Å². The fraction of sp³-hybridized carbons (Fsp3) is 0.375. The van der Waals surface area contributed by atoms with Crippen molar-refractivity contribution in [2.75, 3.05) is 0 Å². The Hall–Kier alpha value is -1.74. The van der Waals surface area contributed by atoms with Gasteiger partial charge in [-0.3, -0.25) is 9.97 Å². The Bertz CT molecular complexity index is 491. The predicted octanol–water partition coefficient (Wildman–Crippen LogP) is 3.45. The van der Waals surface area contributed by atoms with Gasteiger partial charge in [0, 0.05) is 31.2 Å². The molecule has 0 saturated heterocycles. The summed E-state index contributed by atoms with van der Waals surface area (Å²) < 4.78 is 0. The van der Waals surface area contributed by atoms with Crippen LogP contribution in [-0.2, 0) is 6.54 Å². The minimum atomic E-state index is 0.207. The molecule has 1 aromatic heterocycles. The molecule has 0 saturated carbocycles. The van der Waals surface area contributed by atoms with Gasteiger partial charge in [0.25, 0.3) is 0 Å². The maximum Gasteiger partial charge on any atom is 0.0753 e. The van der Waals surface area contributed by atoms with Crippen LogP contribution in [0, 0.1) is 0 Å². The fourth-order valence-electron chi connectivity index (χ4n) is 1.93. The molecule has 2 aromatic rings. The van der Waals surface area contributed by atoms with Gasteiger partial charge in [-0.2, -0.15) is 0 Å². The second kappa shape index (κ2) is 6.43. The Kier molecular flexibility index (Phi) is 4.63. The third-order valence-electron chi connectivity index (χ3n) is 3.29. The van der Waals surface area contributed by atoms with Crippen LogP contribution in [0.1, 0.15) is 49.6 Å². The van der Waals surface area contributed by atoms with Gasteiger partial charge in [0.1, 0.15) is 0 Å². The van der Waals surface area contributed by atoms with E-state index in [2.05, 4.69) is 60.3 Å². The maximum atomic E-state index is 4.30. The predicted molar refractivity (Wildman–Crippen MR) is 77.8 cm³/mol. The highest BCUT2D eigenvalue weighted by molar-refractivity contribution is 5.24. The Labute approximate surface area is 115 Å². The normalized spacial score (nSPS) is 12.6. The average molecular weight is 255 g/mol. The van der Waals surface area contributed by atoms with Crippen molar-refractivity contribution in [3.05, 3.63) is 59.7 Å². The summed E-state index contributed by atoms with van der Waals surface area (Å²) in [6.07, 6.45) is 5.23. The van der Waals surface area contributed by atoms with Crippen LogP contribution in [0.15, 0.2) is 42.9 Å². The summed E-state index contributed by atoms with van der Waals surface area (Å²) in [5.41, 5.74) is 3.65. The van der Waals surface area contributed by atoms with E-state index in [1.54, 1.807) is 18.6 Å². The number of nitrogens with zero attached hydrogens (tertiary/aromatic N) is 2. The molecule has 0 amide bonds. The number of nitrogens with one attached hydrogen (secondary N) is 1.